The van der Waals surface area contributed by atoms with Gasteiger partial charge in [0.25, 0.3) is 0 Å². The van der Waals surface area contributed by atoms with Gasteiger partial charge in [-0.2, -0.15) is 0 Å². The van der Waals surface area contributed by atoms with Gasteiger partial charge in [-0.3, -0.25) is 9.59 Å². The zero-order valence-electron chi connectivity index (χ0n) is 9.73. The molecule has 0 aliphatic heterocycles. The minimum absolute atomic E-state index is 0.0451. The summed E-state index contributed by atoms with van der Waals surface area (Å²) in [5.41, 5.74) is 0.112. The van der Waals surface area contributed by atoms with Gasteiger partial charge in [0, 0.05) is 13.0 Å². The fraction of sp³-hybridized carbons (Fsp3) is 0.273. The van der Waals surface area contributed by atoms with Gasteiger partial charge in [-0.15, -0.1) is 0 Å². The van der Waals surface area contributed by atoms with Crippen molar-refractivity contribution < 1.29 is 24.2 Å². The molecule has 0 spiro atoms. The van der Waals surface area contributed by atoms with E-state index in [9.17, 15) is 14.7 Å². The average Bonchev–Trinajstić information content (AvgIpc) is 2.28. The van der Waals surface area contributed by atoms with Crippen molar-refractivity contribution in [2.75, 3.05) is 19.5 Å². The number of carbonyl (C=O) groups is 2. The molecule has 0 saturated heterocycles. The van der Waals surface area contributed by atoms with E-state index in [0.29, 0.717) is 6.29 Å². The second-order valence-electron chi connectivity index (χ2n) is 3.22. The van der Waals surface area contributed by atoms with E-state index in [1.807, 2.05) is 0 Å². The molecule has 0 unspecified atom stereocenters. The first-order valence-electron chi connectivity index (χ1n) is 4.75. The first-order valence-corrected chi connectivity index (χ1v) is 4.75. The van der Waals surface area contributed by atoms with Crippen LogP contribution >= 0.6 is 0 Å². The van der Waals surface area contributed by atoms with Crippen molar-refractivity contribution in [1.29, 1.82) is 0 Å². The Morgan fingerprint density at radius 3 is 2.47 bits per heavy atom. The molecule has 0 atom stereocenters. The summed E-state index contributed by atoms with van der Waals surface area (Å²) in [6, 6.07) is 1.41. The number of aldehydes is 1. The predicted octanol–water partition coefficient (Wildman–Crippen LogP) is 1.18. The summed E-state index contributed by atoms with van der Waals surface area (Å²) in [6.07, 6.45) is 0.433. The Balaban J connectivity index is 3.44. The van der Waals surface area contributed by atoms with E-state index in [0.717, 1.165) is 0 Å². The Morgan fingerprint density at radius 1 is 1.41 bits per heavy atom. The molecule has 0 radical (unpaired) electrons. The van der Waals surface area contributed by atoms with E-state index in [1.54, 1.807) is 0 Å². The van der Waals surface area contributed by atoms with Gasteiger partial charge < -0.3 is 19.9 Å². The number of amides is 1. The molecule has 0 bridgehead atoms. The van der Waals surface area contributed by atoms with Crippen LogP contribution in [0.25, 0.3) is 0 Å². The molecule has 0 aromatic heterocycles. The molecule has 0 aliphatic carbocycles. The molecule has 0 aliphatic rings. The van der Waals surface area contributed by atoms with Crippen LogP contribution in [0.3, 0.4) is 0 Å². The van der Waals surface area contributed by atoms with Crippen LogP contribution in [-0.2, 0) is 4.79 Å². The van der Waals surface area contributed by atoms with Crippen molar-refractivity contribution in [3.63, 3.8) is 0 Å². The summed E-state index contributed by atoms with van der Waals surface area (Å²) in [5.74, 6) is -0.464. The number of ether oxygens (including phenoxy) is 2. The maximum atomic E-state index is 11.0. The minimum Gasteiger partial charge on any atom is -0.504 e. The zero-order valence-corrected chi connectivity index (χ0v) is 9.73. The third-order valence-corrected chi connectivity index (χ3v) is 2.11. The number of hydrogen-bond acceptors (Lipinski definition) is 5. The Kier molecular flexibility index (Phi) is 3.92. The van der Waals surface area contributed by atoms with E-state index < -0.39 is 0 Å². The SMILES string of the molecule is COc1cc(NC(C)=O)c(C=O)c(O)c1OC. The van der Waals surface area contributed by atoms with E-state index >= 15 is 0 Å². The number of methoxy groups -OCH3 is 2. The first-order chi connectivity index (χ1) is 8.04. The van der Waals surface area contributed by atoms with Crippen LogP contribution in [0.5, 0.6) is 17.2 Å². The smallest absolute Gasteiger partial charge is 0.221 e. The van der Waals surface area contributed by atoms with Gasteiger partial charge in [-0.05, 0) is 0 Å². The lowest BCUT2D eigenvalue weighted by atomic mass is 10.1. The monoisotopic (exact) mass is 239 g/mol. The second-order valence-corrected chi connectivity index (χ2v) is 3.22. The van der Waals surface area contributed by atoms with E-state index in [1.165, 1.54) is 27.2 Å². The van der Waals surface area contributed by atoms with Crippen LogP contribution in [-0.4, -0.2) is 31.5 Å². The molecular formula is C11H13NO5. The quantitative estimate of drug-likeness (QED) is 0.770. The van der Waals surface area contributed by atoms with Gasteiger partial charge in [-0.1, -0.05) is 0 Å². The molecular weight excluding hydrogens is 226 g/mol. The maximum absolute atomic E-state index is 11.0. The summed E-state index contributed by atoms with van der Waals surface area (Å²) < 4.78 is 9.91. The third-order valence-electron chi connectivity index (χ3n) is 2.11. The van der Waals surface area contributed by atoms with E-state index in [2.05, 4.69) is 5.32 Å². The molecule has 1 aromatic carbocycles. The maximum Gasteiger partial charge on any atom is 0.221 e. The van der Waals surface area contributed by atoms with Gasteiger partial charge >= 0.3 is 0 Å². The van der Waals surface area contributed by atoms with Crippen molar-refractivity contribution >= 4 is 17.9 Å². The van der Waals surface area contributed by atoms with Gasteiger partial charge in [-0.25, -0.2) is 0 Å². The molecule has 1 aromatic rings. The molecule has 6 nitrogen and oxygen atoms in total. The number of aromatic hydroxyl groups is 1. The summed E-state index contributed by atoms with van der Waals surface area (Å²) >= 11 is 0. The average molecular weight is 239 g/mol. The topological polar surface area (TPSA) is 84.9 Å². The second kappa shape index (κ2) is 5.20. The predicted molar refractivity (Wildman–Crippen MR) is 60.9 cm³/mol. The minimum atomic E-state index is -0.370. The highest BCUT2D eigenvalue weighted by molar-refractivity contribution is 5.98. The number of carbonyl (C=O) groups excluding carboxylic acids is 2. The molecule has 92 valence electrons. The lowest BCUT2D eigenvalue weighted by molar-refractivity contribution is -0.114. The lowest BCUT2D eigenvalue weighted by Crippen LogP contribution is -2.09. The highest BCUT2D eigenvalue weighted by Gasteiger charge is 2.19. The Morgan fingerprint density at radius 2 is 2.06 bits per heavy atom. The fourth-order valence-electron chi connectivity index (χ4n) is 1.40. The summed E-state index contributed by atoms with van der Waals surface area (Å²) in [6.45, 7) is 1.29. The van der Waals surface area contributed by atoms with Crippen molar-refractivity contribution in [3.8, 4) is 17.2 Å². The highest BCUT2D eigenvalue weighted by Crippen LogP contribution is 2.42. The van der Waals surface area contributed by atoms with E-state index in [4.69, 9.17) is 9.47 Å². The summed E-state index contributed by atoms with van der Waals surface area (Å²) in [4.78, 5) is 21.9. The number of anilines is 1. The van der Waals surface area contributed by atoms with Crippen LogP contribution < -0.4 is 14.8 Å². The van der Waals surface area contributed by atoms with Crippen LogP contribution in [0, 0.1) is 0 Å². The van der Waals surface area contributed by atoms with Crippen LogP contribution in [0.1, 0.15) is 17.3 Å². The lowest BCUT2D eigenvalue weighted by Gasteiger charge is -2.14. The van der Waals surface area contributed by atoms with Crippen LogP contribution in [0.2, 0.25) is 0 Å². The Bertz CT molecular complexity index is 456. The Hall–Kier alpha value is -2.24. The van der Waals surface area contributed by atoms with E-state index in [-0.39, 0.29) is 34.4 Å². The standard InChI is InChI=1S/C11H13NO5/c1-6(14)12-8-4-9(16-2)11(17-3)10(15)7(8)5-13/h4-5,15H,1-3H3,(H,12,14). The molecule has 0 saturated carbocycles. The zero-order chi connectivity index (χ0) is 13.0. The molecule has 0 heterocycles. The number of benzene rings is 1. The van der Waals surface area contributed by atoms with Crippen molar-refractivity contribution in [3.05, 3.63) is 11.6 Å². The number of phenolic OH excluding ortho intramolecular Hbond substituents is 1. The first kappa shape index (κ1) is 12.8. The largest absolute Gasteiger partial charge is 0.504 e. The van der Waals surface area contributed by atoms with Crippen molar-refractivity contribution in [2.45, 2.75) is 6.92 Å². The number of hydrogen-bond donors (Lipinski definition) is 2. The molecule has 1 rings (SSSR count). The van der Waals surface area contributed by atoms with Crippen molar-refractivity contribution in [2.24, 2.45) is 0 Å². The molecule has 1 amide bonds. The van der Waals surface area contributed by atoms with Gasteiger partial charge in [0.05, 0.1) is 25.5 Å². The normalized spacial score (nSPS) is 9.59. The van der Waals surface area contributed by atoms with Crippen LogP contribution in [0.4, 0.5) is 5.69 Å². The molecule has 2 N–H and O–H groups in total. The summed E-state index contributed by atoms with van der Waals surface area (Å²) in [5, 5.41) is 12.2. The van der Waals surface area contributed by atoms with Gasteiger partial charge in [0.1, 0.15) is 0 Å². The Labute approximate surface area is 98.2 Å². The molecule has 17 heavy (non-hydrogen) atoms. The number of nitrogens with one attached hydrogen (secondary N) is 1. The van der Waals surface area contributed by atoms with Gasteiger partial charge in [0.15, 0.2) is 17.8 Å². The number of phenols is 1. The van der Waals surface area contributed by atoms with Crippen molar-refractivity contribution in [1.82, 2.24) is 0 Å². The van der Waals surface area contributed by atoms with Gasteiger partial charge in [0.2, 0.25) is 11.7 Å². The number of rotatable bonds is 4. The highest BCUT2D eigenvalue weighted by atomic mass is 16.5. The van der Waals surface area contributed by atoms with Crippen LogP contribution in [0.15, 0.2) is 6.07 Å². The summed E-state index contributed by atoms with van der Waals surface area (Å²) in [7, 11) is 2.72. The molecule has 0 fully saturated rings. The third kappa shape index (κ3) is 2.47. The molecule has 6 heteroatoms. The fourth-order valence-corrected chi connectivity index (χ4v) is 1.40.